The van der Waals surface area contributed by atoms with Crippen molar-refractivity contribution in [3.63, 3.8) is 0 Å². The van der Waals surface area contributed by atoms with Gasteiger partial charge in [-0.25, -0.2) is 23.7 Å². The molecular formula is C25H31F2N9O. The summed E-state index contributed by atoms with van der Waals surface area (Å²) >= 11 is 0. The van der Waals surface area contributed by atoms with Crippen LogP contribution in [0.1, 0.15) is 36.8 Å². The van der Waals surface area contributed by atoms with Crippen LogP contribution in [0, 0.1) is 5.82 Å². The first-order valence-electron chi connectivity index (χ1n) is 12.7. The minimum Gasteiger partial charge on any atom is -0.382 e. The highest BCUT2D eigenvalue weighted by atomic mass is 19.1. The van der Waals surface area contributed by atoms with E-state index in [2.05, 4.69) is 25.2 Å². The Hall–Kier alpha value is -3.38. The van der Waals surface area contributed by atoms with Crippen LogP contribution in [0.5, 0.6) is 0 Å². The number of fused-ring (bicyclic) bond motifs is 1. The number of nitrogens with zero attached hydrogens (tertiary/aromatic N) is 6. The first-order chi connectivity index (χ1) is 17.8. The molecule has 0 spiro atoms. The third-order valence-corrected chi connectivity index (χ3v) is 7.71. The summed E-state index contributed by atoms with van der Waals surface area (Å²) in [5.41, 5.74) is 14.6. The van der Waals surface area contributed by atoms with Gasteiger partial charge in [0.25, 0.3) is 0 Å². The van der Waals surface area contributed by atoms with Gasteiger partial charge in [-0.1, -0.05) is 0 Å². The summed E-state index contributed by atoms with van der Waals surface area (Å²) in [5.74, 6) is -0.229. The van der Waals surface area contributed by atoms with E-state index in [0.717, 1.165) is 24.1 Å². The van der Waals surface area contributed by atoms with Gasteiger partial charge in [-0.15, -0.1) is 0 Å². The minimum atomic E-state index is -1.02. The molecule has 3 aromatic rings. The average Bonchev–Trinajstić information content (AvgIpc) is 3.22. The molecule has 3 aliphatic rings. The number of halogens is 2. The third kappa shape index (κ3) is 4.59. The highest BCUT2D eigenvalue weighted by molar-refractivity contribution is 5.88. The Kier molecular flexibility index (Phi) is 5.95. The summed E-state index contributed by atoms with van der Waals surface area (Å²) in [6, 6.07) is 3.41. The van der Waals surface area contributed by atoms with Gasteiger partial charge in [-0.2, -0.15) is 0 Å². The number of carbonyl (C=O) groups excluding carboxylic acids is 1. The second-order valence-electron chi connectivity index (χ2n) is 10.5. The summed E-state index contributed by atoms with van der Waals surface area (Å²) in [6.45, 7) is 2.27. The molecule has 2 saturated heterocycles. The van der Waals surface area contributed by atoms with Crippen molar-refractivity contribution in [3.05, 3.63) is 41.7 Å². The first kappa shape index (κ1) is 24.0. The molecule has 2 aliphatic heterocycles. The maximum absolute atomic E-state index is 15.4. The molecular weight excluding hydrogens is 480 g/mol. The number of aromatic nitrogens is 4. The molecule has 4 heterocycles. The quantitative estimate of drug-likeness (QED) is 0.433. The molecule has 1 aromatic carbocycles. The number of nitrogens with two attached hydrogens (primary N) is 2. The van der Waals surface area contributed by atoms with Crippen molar-refractivity contribution >= 4 is 28.6 Å². The zero-order valence-electron chi connectivity index (χ0n) is 20.5. The Balaban J connectivity index is 1.37. The molecule has 3 fully saturated rings. The lowest BCUT2D eigenvalue weighted by Gasteiger charge is -2.28. The molecule has 0 unspecified atom stereocenters. The molecule has 6 rings (SSSR count). The van der Waals surface area contributed by atoms with E-state index in [1.54, 1.807) is 12.4 Å². The van der Waals surface area contributed by atoms with Crippen LogP contribution >= 0.6 is 0 Å². The van der Waals surface area contributed by atoms with E-state index < -0.39 is 11.7 Å². The van der Waals surface area contributed by atoms with Crippen molar-refractivity contribution in [2.75, 3.05) is 36.8 Å². The number of carbonyl (C=O) groups is 1. The predicted octanol–water partition coefficient (Wildman–Crippen LogP) is 1.33. The molecule has 12 heteroatoms. The SMILES string of the molecule is Nc1ncnc2c1ncn2Cc1c(N2CC[C@](N)(C(=O)NC3CC3)C2)ccc(F)c1CN1CC[C@H](F)C1. The smallest absolute Gasteiger partial charge is 0.242 e. The topological polar surface area (TPSA) is 131 Å². The van der Waals surface area contributed by atoms with Gasteiger partial charge >= 0.3 is 0 Å². The van der Waals surface area contributed by atoms with Crippen LogP contribution in [-0.2, 0) is 17.9 Å². The van der Waals surface area contributed by atoms with Crippen molar-refractivity contribution in [1.29, 1.82) is 0 Å². The van der Waals surface area contributed by atoms with Crippen LogP contribution < -0.4 is 21.7 Å². The van der Waals surface area contributed by atoms with Gasteiger partial charge in [0.15, 0.2) is 11.5 Å². The second kappa shape index (κ2) is 9.18. The van der Waals surface area contributed by atoms with Gasteiger partial charge in [0.05, 0.1) is 12.9 Å². The van der Waals surface area contributed by atoms with Crippen LogP contribution in [0.4, 0.5) is 20.3 Å². The minimum absolute atomic E-state index is 0.139. The first-order valence-corrected chi connectivity index (χ1v) is 12.7. The zero-order valence-corrected chi connectivity index (χ0v) is 20.5. The van der Waals surface area contributed by atoms with Crippen molar-refractivity contribution < 1.29 is 13.6 Å². The fourth-order valence-corrected chi connectivity index (χ4v) is 5.41. The third-order valence-electron chi connectivity index (χ3n) is 7.71. The van der Waals surface area contributed by atoms with Crippen LogP contribution in [0.15, 0.2) is 24.8 Å². The zero-order chi connectivity index (χ0) is 25.7. The van der Waals surface area contributed by atoms with E-state index in [1.807, 2.05) is 9.47 Å². The van der Waals surface area contributed by atoms with Crippen LogP contribution in [0.25, 0.3) is 11.2 Å². The Bertz CT molecular complexity index is 1340. The number of anilines is 2. The summed E-state index contributed by atoms with van der Waals surface area (Å²) < 4.78 is 31.2. The predicted molar refractivity (Wildman–Crippen MR) is 135 cm³/mol. The number of nitrogens with one attached hydrogen (secondary N) is 1. The number of imidazole rings is 1. The lowest BCUT2D eigenvalue weighted by Crippen LogP contribution is -2.56. The molecule has 1 saturated carbocycles. The second-order valence-corrected chi connectivity index (χ2v) is 10.5. The van der Waals surface area contributed by atoms with E-state index in [9.17, 15) is 9.18 Å². The molecule has 0 radical (unpaired) electrons. The fraction of sp³-hybridized carbons (Fsp3) is 0.520. The number of alkyl halides is 1. The van der Waals surface area contributed by atoms with Gasteiger partial charge < -0.3 is 26.3 Å². The molecule has 0 bridgehead atoms. The van der Waals surface area contributed by atoms with Gasteiger partial charge in [0.2, 0.25) is 5.91 Å². The summed E-state index contributed by atoms with van der Waals surface area (Å²) in [4.78, 5) is 29.6. The normalized spacial score (nSPS) is 24.3. The Morgan fingerprint density at radius 2 is 1.97 bits per heavy atom. The maximum atomic E-state index is 15.4. The molecule has 2 atom stereocenters. The number of likely N-dealkylation sites (tertiary alicyclic amines) is 1. The average molecular weight is 512 g/mol. The van der Waals surface area contributed by atoms with Crippen molar-refractivity contribution in [2.24, 2.45) is 5.73 Å². The lowest BCUT2D eigenvalue weighted by atomic mass is 9.98. The summed E-state index contributed by atoms with van der Waals surface area (Å²) in [5, 5.41) is 3.03. The highest BCUT2D eigenvalue weighted by Crippen LogP contribution is 2.34. The standard InChI is InChI=1S/C25H31F2N9O/c26-15-5-7-34(9-15)10-17-18(11-36-14-32-21-22(28)30-13-31-23(21)36)20(4-3-19(17)27)35-8-6-25(29,12-35)24(37)33-16-1-2-16/h3-4,13-16H,1-2,5-12,29H2,(H,33,37)(H2,28,30,31)/t15-,25+/m0/s1. The number of benzene rings is 1. The van der Waals surface area contributed by atoms with E-state index in [0.29, 0.717) is 49.2 Å². The molecule has 37 heavy (non-hydrogen) atoms. The number of hydrogen-bond donors (Lipinski definition) is 3. The van der Waals surface area contributed by atoms with Gasteiger partial charge in [-0.05, 0) is 37.8 Å². The van der Waals surface area contributed by atoms with Crippen LogP contribution in [0.3, 0.4) is 0 Å². The molecule has 2 aromatic heterocycles. The largest absolute Gasteiger partial charge is 0.382 e. The summed E-state index contributed by atoms with van der Waals surface area (Å²) in [7, 11) is 0. The molecule has 196 valence electrons. The monoisotopic (exact) mass is 511 g/mol. The van der Waals surface area contributed by atoms with Crippen molar-refractivity contribution in [3.8, 4) is 0 Å². The van der Waals surface area contributed by atoms with Crippen molar-refractivity contribution in [1.82, 2.24) is 29.7 Å². The van der Waals surface area contributed by atoms with Crippen molar-refractivity contribution in [2.45, 2.75) is 56.5 Å². The van der Waals surface area contributed by atoms with Crippen LogP contribution in [0.2, 0.25) is 0 Å². The Labute approximate surface area is 213 Å². The summed E-state index contributed by atoms with van der Waals surface area (Å²) in [6.07, 6.45) is 4.98. The highest BCUT2D eigenvalue weighted by Gasteiger charge is 2.43. The number of rotatable bonds is 7. The lowest BCUT2D eigenvalue weighted by molar-refractivity contribution is -0.125. The van der Waals surface area contributed by atoms with Crippen LogP contribution in [-0.4, -0.2) is 74.3 Å². The van der Waals surface area contributed by atoms with E-state index in [-0.39, 0.29) is 43.2 Å². The number of nitrogen functional groups attached to an aromatic ring is 1. The fourth-order valence-electron chi connectivity index (χ4n) is 5.41. The van der Waals surface area contributed by atoms with Gasteiger partial charge in [-0.3, -0.25) is 9.69 Å². The van der Waals surface area contributed by atoms with Gasteiger partial charge in [0.1, 0.15) is 29.4 Å². The molecule has 5 N–H and O–H groups in total. The molecule has 10 nitrogen and oxygen atoms in total. The van der Waals surface area contributed by atoms with E-state index in [4.69, 9.17) is 11.5 Å². The number of amides is 1. The van der Waals surface area contributed by atoms with E-state index >= 15 is 4.39 Å². The Morgan fingerprint density at radius 3 is 2.73 bits per heavy atom. The number of hydrogen-bond acceptors (Lipinski definition) is 8. The van der Waals surface area contributed by atoms with E-state index in [1.165, 1.54) is 12.4 Å². The Morgan fingerprint density at radius 1 is 1.14 bits per heavy atom. The van der Waals surface area contributed by atoms with Gasteiger partial charge in [0, 0.05) is 55.6 Å². The molecule has 1 aliphatic carbocycles. The molecule has 1 amide bonds. The maximum Gasteiger partial charge on any atom is 0.242 e.